The number of anilines is 1. The van der Waals surface area contributed by atoms with Gasteiger partial charge in [-0.2, -0.15) is 28.6 Å². The van der Waals surface area contributed by atoms with Crippen molar-refractivity contribution in [3.8, 4) is 11.8 Å². The van der Waals surface area contributed by atoms with Gasteiger partial charge in [0.2, 0.25) is 0 Å². The monoisotopic (exact) mass is 380 g/mol. The molecule has 7 nitrogen and oxygen atoms in total. The number of carbonyl (C=O) groups excluding carboxylic acids is 1. The number of nitrogens with one attached hydrogen (secondary N) is 2. The maximum atomic E-state index is 13.6. The topological polar surface area (TPSA) is 99.4 Å². The number of aromatic amines is 1. The molecule has 3 rings (SSSR count). The molecule has 0 atom stereocenters. The van der Waals surface area contributed by atoms with Crippen molar-refractivity contribution in [1.29, 1.82) is 5.26 Å². The van der Waals surface area contributed by atoms with Crippen LogP contribution in [0.1, 0.15) is 21.6 Å². The third-order valence-electron chi connectivity index (χ3n) is 3.35. The number of hydrogen-bond acceptors (Lipinski definition) is 4. The molecule has 0 spiro atoms. The van der Waals surface area contributed by atoms with Gasteiger partial charge in [-0.1, -0.05) is 11.6 Å². The van der Waals surface area contributed by atoms with Gasteiger partial charge >= 0.3 is 6.18 Å². The second kappa shape index (κ2) is 6.53. The molecule has 1 amide bonds. The summed E-state index contributed by atoms with van der Waals surface area (Å²) in [5.41, 5.74) is -1.89. The van der Waals surface area contributed by atoms with E-state index in [4.69, 9.17) is 16.9 Å². The molecule has 2 aromatic heterocycles. The highest BCUT2D eigenvalue weighted by molar-refractivity contribution is 6.30. The first-order valence-corrected chi connectivity index (χ1v) is 7.35. The zero-order valence-corrected chi connectivity index (χ0v) is 13.4. The van der Waals surface area contributed by atoms with Crippen LogP contribution < -0.4 is 5.32 Å². The van der Waals surface area contributed by atoms with Crippen LogP contribution in [-0.4, -0.2) is 25.9 Å². The molecule has 3 aromatic rings. The van der Waals surface area contributed by atoms with Gasteiger partial charge in [-0.3, -0.25) is 9.89 Å². The molecule has 0 saturated heterocycles. The lowest BCUT2D eigenvalue weighted by Crippen LogP contribution is -2.21. The van der Waals surface area contributed by atoms with E-state index >= 15 is 0 Å². The van der Waals surface area contributed by atoms with Crippen LogP contribution in [0.3, 0.4) is 0 Å². The van der Waals surface area contributed by atoms with Crippen LogP contribution in [0.5, 0.6) is 0 Å². The number of alkyl halides is 3. The number of aromatic nitrogens is 4. The van der Waals surface area contributed by atoms with E-state index in [0.29, 0.717) is 9.70 Å². The fourth-order valence-corrected chi connectivity index (χ4v) is 2.34. The van der Waals surface area contributed by atoms with E-state index in [0.717, 1.165) is 12.4 Å². The Labute approximate surface area is 149 Å². The quantitative estimate of drug-likeness (QED) is 0.727. The Balaban J connectivity index is 2.04. The summed E-state index contributed by atoms with van der Waals surface area (Å²) >= 11 is 5.74. The highest BCUT2D eigenvalue weighted by atomic mass is 35.5. The SMILES string of the molecule is N#Cc1cn[nH]c1NC(=O)c1cnn(-c2ccc(Cl)cc2)c1C(F)(F)F. The van der Waals surface area contributed by atoms with Crippen LogP contribution in [0, 0.1) is 11.3 Å². The summed E-state index contributed by atoms with van der Waals surface area (Å²) in [5.74, 6) is -1.19. The summed E-state index contributed by atoms with van der Waals surface area (Å²) in [6, 6.07) is 7.24. The average Bonchev–Trinajstić information content (AvgIpc) is 3.21. The predicted octanol–water partition coefficient (Wildman–Crippen LogP) is 3.39. The van der Waals surface area contributed by atoms with E-state index in [1.807, 2.05) is 0 Å². The molecular weight excluding hydrogens is 373 g/mol. The van der Waals surface area contributed by atoms with Crippen LogP contribution >= 0.6 is 11.6 Å². The molecule has 2 N–H and O–H groups in total. The molecule has 0 aliphatic rings. The van der Waals surface area contributed by atoms with Gasteiger partial charge in [0.25, 0.3) is 5.91 Å². The van der Waals surface area contributed by atoms with Crippen LogP contribution in [0.15, 0.2) is 36.7 Å². The van der Waals surface area contributed by atoms with E-state index < -0.39 is 23.3 Å². The van der Waals surface area contributed by atoms with Crippen LogP contribution in [0.2, 0.25) is 5.02 Å². The van der Waals surface area contributed by atoms with Crippen molar-refractivity contribution in [2.24, 2.45) is 0 Å². The first kappa shape index (κ1) is 17.5. The number of hydrogen-bond donors (Lipinski definition) is 2. The van der Waals surface area contributed by atoms with Gasteiger partial charge in [0.15, 0.2) is 5.69 Å². The van der Waals surface area contributed by atoms with Crippen LogP contribution in [-0.2, 0) is 6.18 Å². The number of benzene rings is 1. The molecule has 0 saturated carbocycles. The third-order valence-corrected chi connectivity index (χ3v) is 3.60. The molecular formula is C15H8ClF3N6O. The number of amides is 1. The molecule has 0 unspecified atom stereocenters. The second-order valence-electron chi connectivity index (χ2n) is 5.02. The Bertz CT molecular complexity index is 1000. The first-order chi connectivity index (χ1) is 12.3. The summed E-state index contributed by atoms with van der Waals surface area (Å²) < 4.78 is 41.3. The molecule has 0 fully saturated rings. The van der Waals surface area contributed by atoms with E-state index in [1.54, 1.807) is 6.07 Å². The van der Waals surface area contributed by atoms with Gasteiger partial charge in [0.1, 0.15) is 17.5 Å². The standard InChI is InChI=1S/C15H8ClF3N6O/c16-9-1-3-10(4-2-9)25-12(15(17,18)19)11(7-22-25)14(26)23-13-8(5-20)6-21-24-13/h1-4,6-7H,(H2,21,23,24,26). The lowest BCUT2D eigenvalue weighted by molar-refractivity contribution is -0.143. The Morgan fingerprint density at radius 1 is 1.27 bits per heavy atom. The minimum absolute atomic E-state index is 0.0167. The van der Waals surface area contributed by atoms with Crippen molar-refractivity contribution in [1.82, 2.24) is 20.0 Å². The summed E-state index contributed by atoms with van der Waals surface area (Å²) in [6.07, 6.45) is -2.92. The summed E-state index contributed by atoms with van der Waals surface area (Å²) in [6.45, 7) is 0. The molecule has 2 heterocycles. The maximum Gasteiger partial charge on any atom is 0.434 e. The van der Waals surface area contributed by atoms with E-state index in [2.05, 4.69) is 20.6 Å². The van der Waals surface area contributed by atoms with Gasteiger partial charge in [0, 0.05) is 5.02 Å². The maximum absolute atomic E-state index is 13.6. The zero-order valence-electron chi connectivity index (χ0n) is 12.7. The molecule has 0 aliphatic carbocycles. The average molecular weight is 381 g/mol. The molecule has 1 aromatic carbocycles. The Kier molecular flexibility index (Phi) is 4.40. The zero-order chi connectivity index (χ0) is 18.9. The number of rotatable bonds is 3. The van der Waals surface area contributed by atoms with E-state index in [9.17, 15) is 18.0 Å². The van der Waals surface area contributed by atoms with Crippen molar-refractivity contribution in [3.05, 3.63) is 58.5 Å². The fourth-order valence-electron chi connectivity index (χ4n) is 2.21. The molecule has 0 aliphatic heterocycles. The normalized spacial score (nSPS) is 11.2. The molecule has 11 heteroatoms. The van der Waals surface area contributed by atoms with Crippen LogP contribution in [0.25, 0.3) is 5.69 Å². The van der Waals surface area contributed by atoms with Crippen molar-refractivity contribution < 1.29 is 18.0 Å². The highest BCUT2D eigenvalue weighted by Gasteiger charge is 2.40. The highest BCUT2D eigenvalue weighted by Crippen LogP contribution is 2.34. The van der Waals surface area contributed by atoms with Crippen molar-refractivity contribution >= 4 is 23.3 Å². The summed E-state index contributed by atoms with van der Waals surface area (Å²) in [5, 5.41) is 21.0. The Hall–Kier alpha value is -3.32. The number of nitrogens with zero attached hydrogens (tertiary/aromatic N) is 4. The summed E-state index contributed by atoms with van der Waals surface area (Å²) in [4.78, 5) is 12.3. The molecule has 26 heavy (non-hydrogen) atoms. The Morgan fingerprint density at radius 3 is 2.58 bits per heavy atom. The number of halogens is 4. The van der Waals surface area contributed by atoms with Crippen molar-refractivity contribution in [2.75, 3.05) is 5.32 Å². The van der Waals surface area contributed by atoms with E-state index in [1.165, 1.54) is 24.3 Å². The van der Waals surface area contributed by atoms with Gasteiger partial charge in [-0.25, -0.2) is 4.68 Å². The number of nitriles is 1. The van der Waals surface area contributed by atoms with Gasteiger partial charge in [0.05, 0.1) is 23.6 Å². The molecule has 0 bridgehead atoms. The van der Waals surface area contributed by atoms with Gasteiger partial charge in [-0.05, 0) is 24.3 Å². The van der Waals surface area contributed by atoms with Crippen molar-refractivity contribution in [3.63, 3.8) is 0 Å². The molecule has 132 valence electrons. The van der Waals surface area contributed by atoms with E-state index in [-0.39, 0.29) is 17.1 Å². The largest absolute Gasteiger partial charge is 0.434 e. The van der Waals surface area contributed by atoms with Gasteiger partial charge < -0.3 is 5.32 Å². The smallest absolute Gasteiger partial charge is 0.306 e. The first-order valence-electron chi connectivity index (χ1n) is 6.97. The predicted molar refractivity (Wildman–Crippen MR) is 84.8 cm³/mol. The third kappa shape index (κ3) is 3.25. The van der Waals surface area contributed by atoms with Crippen LogP contribution in [0.4, 0.5) is 19.0 Å². The Morgan fingerprint density at radius 2 is 1.96 bits per heavy atom. The minimum Gasteiger partial charge on any atom is -0.306 e. The summed E-state index contributed by atoms with van der Waals surface area (Å²) in [7, 11) is 0. The number of H-pyrrole nitrogens is 1. The lowest BCUT2D eigenvalue weighted by Gasteiger charge is -2.12. The minimum atomic E-state index is -4.85. The second-order valence-corrected chi connectivity index (χ2v) is 5.45. The fraction of sp³-hybridized carbons (Fsp3) is 0.0667. The molecule has 0 radical (unpaired) electrons. The van der Waals surface area contributed by atoms with Gasteiger partial charge in [-0.15, -0.1) is 0 Å². The number of carbonyl (C=O) groups is 1. The lowest BCUT2D eigenvalue weighted by atomic mass is 10.2. The van der Waals surface area contributed by atoms with Crippen molar-refractivity contribution in [2.45, 2.75) is 6.18 Å².